The summed E-state index contributed by atoms with van der Waals surface area (Å²) in [5.41, 5.74) is 1.23. The third-order valence-corrected chi connectivity index (χ3v) is 2.81. The molecular formula is C15H15NO2. The van der Waals surface area contributed by atoms with Crippen molar-refractivity contribution < 1.29 is 9.21 Å². The van der Waals surface area contributed by atoms with E-state index in [0.29, 0.717) is 11.1 Å². The molecule has 1 unspecified atom stereocenters. The summed E-state index contributed by atoms with van der Waals surface area (Å²) < 4.78 is 5.33. The highest BCUT2D eigenvalue weighted by Gasteiger charge is 2.15. The molecule has 0 saturated heterocycles. The maximum atomic E-state index is 12.1. The summed E-state index contributed by atoms with van der Waals surface area (Å²) in [5, 5.41) is 3.63. The Balaban J connectivity index is 2.21. The Morgan fingerprint density at radius 3 is 3.00 bits per heavy atom. The summed E-state index contributed by atoms with van der Waals surface area (Å²) in [5.74, 6) is 2.40. The van der Waals surface area contributed by atoms with Crippen molar-refractivity contribution in [3.8, 4) is 12.3 Å². The van der Waals surface area contributed by atoms with Gasteiger partial charge in [0.15, 0.2) is 0 Å². The highest BCUT2D eigenvalue weighted by atomic mass is 16.3. The third-order valence-electron chi connectivity index (χ3n) is 2.81. The lowest BCUT2D eigenvalue weighted by molar-refractivity contribution is 0.0945. The smallest absolute Gasteiger partial charge is 0.256 e. The lowest BCUT2D eigenvalue weighted by Gasteiger charge is -2.10. The van der Waals surface area contributed by atoms with Crippen LogP contribution >= 0.6 is 0 Å². The molecule has 18 heavy (non-hydrogen) atoms. The zero-order valence-corrected chi connectivity index (χ0v) is 10.3. The fourth-order valence-electron chi connectivity index (χ4n) is 1.88. The van der Waals surface area contributed by atoms with Gasteiger partial charge in [0, 0.05) is 5.39 Å². The maximum absolute atomic E-state index is 12.1. The highest BCUT2D eigenvalue weighted by Crippen LogP contribution is 2.20. The average molecular weight is 241 g/mol. The van der Waals surface area contributed by atoms with Gasteiger partial charge in [-0.05, 0) is 12.5 Å². The second-order valence-electron chi connectivity index (χ2n) is 4.13. The molecule has 0 saturated carbocycles. The lowest BCUT2D eigenvalue weighted by atomic mass is 10.1. The van der Waals surface area contributed by atoms with Crippen LogP contribution in [0, 0.1) is 12.3 Å². The number of carbonyl (C=O) groups is 1. The summed E-state index contributed by atoms with van der Waals surface area (Å²) in [6.07, 6.45) is 8.56. The number of hydrogen-bond donors (Lipinski definition) is 1. The Hall–Kier alpha value is -2.21. The molecule has 1 heterocycles. The molecule has 0 spiro atoms. The van der Waals surface area contributed by atoms with Crippen LogP contribution < -0.4 is 5.32 Å². The first-order chi connectivity index (χ1) is 8.76. The summed E-state index contributed by atoms with van der Waals surface area (Å²) in [6, 6.07) is 7.21. The average Bonchev–Trinajstić information content (AvgIpc) is 2.82. The SMILES string of the molecule is C#CC(CCC)NC(=O)c1coc2ccccc12. The zero-order valence-electron chi connectivity index (χ0n) is 10.3. The van der Waals surface area contributed by atoms with Gasteiger partial charge in [0.2, 0.25) is 0 Å². The predicted molar refractivity (Wildman–Crippen MR) is 71.2 cm³/mol. The molecule has 0 aliphatic carbocycles. The number of fused-ring (bicyclic) bond motifs is 1. The van der Waals surface area contributed by atoms with Crippen molar-refractivity contribution in [2.24, 2.45) is 0 Å². The van der Waals surface area contributed by atoms with E-state index in [2.05, 4.69) is 11.2 Å². The highest BCUT2D eigenvalue weighted by molar-refractivity contribution is 6.06. The van der Waals surface area contributed by atoms with E-state index in [1.165, 1.54) is 6.26 Å². The van der Waals surface area contributed by atoms with E-state index in [-0.39, 0.29) is 11.9 Å². The molecule has 1 atom stereocenters. The van der Waals surface area contributed by atoms with Crippen molar-refractivity contribution in [3.05, 3.63) is 36.1 Å². The van der Waals surface area contributed by atoms with Crippen LogP contribution in [0.25, 0.3) is 11.0 Å². The number of para-hydroxylation sites is 1. The Bertz CT molecular complexity index is 592. The number of carbonyl (C=O) groups excluding carboxylic acids is 1. The standard InChI is InChI=1S/C15H15NO2/c1-3-7-11(4-2)16-15(17)13-10-18-14-9-6-5-8-12(13)14/h2,5-6,8-11H,3,7H2,1H3,(H,16,17). The van der Waals surface area contributed by atoms with Gasteiger partial charge in [-0.25, -0.2) is 0 Å². The number of terminal acetylenes is 1. The summed E-state index contributed by atoms with van der Waals surface area (Å²) >= 11 is 0. The van der Waals surface area contributed by atoms with Crippen molar-refractivity contribution in [3.63, 3.8) is 0 Å². The van der Waals surface area contributed by atoms with Gasteiger partial charge < -0.3 is 9.73 Å². The minimum atomic E-state index is -0.226. The van der Waals surface area contributed by atoms with Gasteiger partial charge in [-0.3, -0.25) is 4.79 Å². The van der Waals surface area contributed by atoms with E-state index >= 15 is 0 Å². The van der Waals surface area contributed by atoms with Gasteiger partial charge in [0.05, 0.1) is 11.6 Å². The first kappa shape index (κ1) is 12.3. The number of hydrogen-bond acceptors (Lipinski definition) is 2. The number of amides is 1. The number of rotatable bonds is 4. The summed E-state index contributed by atoms with van der Waals surface area (Å²) in [6.45, 7) is 2.03. The lowest BCUT2D eigenvalue weighted by Crippen LogP contribution is -2.33. The number of benzene rings is 1. The molecule has 2 rings (SSSR count). The van der Waals surface area contributed by atoms with Crippen molar-refractivity contribution in [2.45, 2.75) is 25.8 Å². The first-order valence-corrected chi connectivity index (χ1v) is 5.99. The van der Waals surface area contributed by atoms with E-state index in [9.17, 15) is 4.79 Å². The molecule has 1 aromatic carbocycles. The number of furan rings is 1. The van der Waals surface area contributed by atoms with Gasteiger partial charge in [-0.2, -0.15) is 0 Å². The van der Waals surface area contributed by atoms with Crippen LogP contribution in [0.3, 0.4) is 0 Å². The van der Waals surface area contributed by atoms with Crippen molar-refractivity contribution >= 4 is 16.9 Å². The van der Waals surface area contributed by atoms with E-state index in [4.69, 9.17) is 10.8 Å². The third kappa shape index (κ3) is 2.38. The topological polar surface area (TPSA) is 42.2 Å². The molecule has 3 heteroatoms. The molecule has 3 nitrogen and oxygen atoms in total. The summed E-state index contributed by atoms with van der Waals surface area (Å²) in [7, 11) is 0. The van der Waals surface area contributed by atoms with E-state index in [0.717, 1.165) is 18.2 Å². The molecule has 0 bridgehead atoms. The molecule has 0 aliphatic heterocycles. The van der Waals surface area contributed by atoms with Gasteiger partial charge in [0.25, 0.3) is 5.91 Å². The predicted octanol–water partition coefficient (Wildman–Crippen LogP) is 2.96. The molecule has 0 radical (unpaired) electrons. The van der Waals surface area contributed by atoms with Crippen LogP contribution in [0.5, 0.6) is 0 Å². The van der Waals surface area contributed by atoms with Crippen LogP contribution in [-0.2, 0) is 0 Å². The van der Waals surface area contributed by atoms with Crippen molar-refractivity contribution in [1.29, 1.82) is 0 Å². The van der Waals surface area contributed by atoms with Crippen LogP contribution in [-0.4, -0.2) is 11.9 Å². The Labute approximate surface area is 106 Å². The molecule has 1 aromatic heterocycles. The number of nitrogens with one attached hydrogen (secondary N) is 1. The Kier molecular flexibility index (Phi) is 3.69. The monoisotopic (exact) mass is 241 g/mol. The van der Waals surface area contributed by atoms with Crippen LogP contribution in [0.15, 0.2) is 34.9 Å². The quantitative estimate of drug-likeness (QED) is 0.836. The van der Waals surface area contributed by atoms with E-state index in [1.54, 1.807) is 0 Å². The molecule has 0 aliphatic rings. The minimum absolute atomic E-state index is 0.184. The van der Waals surface area contributed by atoms with Crippen LogP contribution in [0.2, 0.25) is 0 Å². The minimum Gasteiger partial charge on any atom is -0.463 e. The van der Waals surface area contributed by atoms with Gasteiger partial charge >= 0.3 is 0 Å². The molecule has 92 valence electrons. The molecule has 1 amide bonds. The van der Waals surface area contributed by atoms with Crippen molar-refractivity contribution in [2.75, 3.05) is 0 Å². The fraction of sp³-hybridized carbons (Fsp3) is 0.267. The first-order valence-electron chi connectivity index (χ1n) is 5.99. The van der Waals surface area contributed by atoms with E-state index < -0.39 is 0 Å². The maximum Gasteiger partial charge on any atom is 0.256 e. The van der Waals surface area contributed by atoms with Gasteiger partial charge in [0.1, 0.15) is 11.8 Å². The Morgan fingerprint density at radius 2 is 2.28 bits per heavy atom. The molecule has 2 aromatic rings. The molecular weight excluding hydrogens is 226 g/mol. The van der Waals surface area contributed by atoms with Gasteiger partial charge in [-0.15, -0.1) is 6.42 Å². The van der Waals surface area contributed by atoms with Crippen molar-refractivity contribution in [1.82, 2.24) is 5.32 Å². The van der Waals surface area contributed by atoms with E-state index in [1.807, 2.05) is 31.2 Å². The fourth-order valence-corrected chi connectivity index (χ4v) is 1.88. The molecule has 0 fully saturated rings. The summed E-state index contributed by atoms with van der Waals surface area (Å²) in [4.78, 5) is 12.1. The zero-order chi connectivity index (χ0) is 13.0. The van der Waals surface area contributed by atoms with Crippen LogP contribution in [0.4, 0.5) is 0 Å². The Morgan fingerprint density at radius 1 is 1.50 bits per heavy atom. The normalized spacial score (nSPS) is 12.0. The second-order valence-corrected chi connectivity index (χ2v) is 4.13. The largest absolute Gasteiger partial charge is 0.463 e. The second kappa shape index (κ2) is 5.42. The molecule has 1 N–H and O–H groups in total. The van der Waals surface area contributed by atoms with Crippen LogP contribution in [0.1, 0.15) is 30.1 Å². The van der Waals surface area contributed by atoms with Gasteiger partial charge in [-0.1, -0.05) is 37.5 Å².